The van der Waals surface area contributed by atoms with Gasteiger partial charge >= 0.3 is 0 Å². The second-order valence-corrected chi connectivity index (χ2v) is 3.31. The van der Waals surface area contributed by atoms with Gasteiger partial charge in [-0.25, -0.2) is 9.97 Å². The average Bonchev–Trinajstić information content (AvgIpc) is 2.44. The highest BCUT2D eigenvalue weighted by atomic mass is 35.5. The minimum absolute atomic E-state index is 0.341. The zero-order valence-corrected chi connectivity index (χ0v) is 8.13. The number of imidazole rings is 1. The summed E-state index contributed by atoms with van der Waals surface area (Å²) in [7, 11) is 1.88. The van der Waals surface area contributed by atoms with E-state index in [2.05, 4.69) is 9.97 Å². The monoisotopic (exact) mass is 196 g/mol. The van der Waals surface area contributed by atoms with Crippen LogP contribution in [0.25, 0.3) is 11.0 Å². The molecule has 0 aromatic carbocycles. The Morgan fingerprint density at radius 3 is 2.92 bits per heavy atom. The molecule has 0 aliphatic rings. The number of aryl methyl sites for hydroxylation is 2. The fourth-order valence-electron chi connectivity index (χ4n) is 1.37. The molecule has 4 nitrogen and oxygen atoms in total. The van der Waals surface area contributed by atoms with Crippen LogP contribution in [0.15, 0.2) is 6.33 Å². The molecule has 2 aromatic heterocycles. The van der Waals surface area contributed by atoms with Crippen molar-refractivity contribution in [2.24, 2.45) is 7.05 Å². The van der Waals surface area contributed by atoms with Crippen molar-refractivity contribution < 1.29 is 0 Å². The van der Waals surface area contributed by atoms with Crippen LogP contribution in [0.4, 0.5) is 5.69 Å². The zero-order chi connectivity index (χ0) is 9.59. The molecule has 0 atom stereocenters. The number of hydrogen-bond acceptors (Lipinski definition) is 3. The summed E-state index contributed by atoms with van der Waals surface area (Å²) in [4.78, 5) is 8.26. The summed E-state index contributed by atoms with van der Waals surface area (Å²) in [5, 5.41) is 0.341. The molecular weight excluding hydrogens is 188 g/mol. The standard InChI is InChI=1S/C8H9ClN4/c1-4-6-7(13(2)3-11-6)5(10)8(9)12-4/h3H,10H2,1-2H3. The van der Waals surface area contributed by atoms with Crippen molar-refractivity contribution in [1.82, 2.24) is 14.5 Å². The third kappa shape index (κ3) is 1.06. The van der Waals surface area contributed by atoms with E-state index in [9.17, 15) is 0 Å². The van der Waals surface area contributed by atoms with E-state index >= 15 is 0 Å². The fraction of sp³-hybridized carbons (Fsp3) is 0.250. The summed E-state index contributed by atoms with van der Waals surface area (Å²) < 4.78 is 1.84. The van der Waals surface area contributed by atoms with E-state index in [1.807, 2.05) is 18.5 Å². The van der Waals surface area contributed by atoms with E-state index in [1.165, 1.54) is 0 Å². The summed E-state index contributed by atoms with van der Waals surface area (Å²) in [5.41, 5.74) is 8.72. The Morgan fingerprint density at radius 2 is 2.23 bits per heavy atom. The summed E-state index contributed by atoms with van der Waals surface area (Å²) in [5.74, 6) is 0. The summed E-state index contributed by atoms with van der Waals surface area (Å²) in [6.45, 7) is 1.86. The van der Waals surface area contributed by atoms with Crippen LogP contribution in [-0.2, 0) is 7.05 Å². The molecule has 2 N–H and O–H groups in total. The lowest BCUT2D eigenvalue weighted by Crippen LogP contribution is -1.97. The number of nitrogen functional groups attached to an aromatic ring is 1. The number of nitrogens with zero attached hydrogens (tertiary/aromatic N) is 3. The lowest BCUT2D eigenvalue weighted by molar-refractivity contribution is 0.948. The Kier molecular flexibility index (Phi) is 1.66. The molecular formula is C8H9ClN4. The van der Waals surface area contributed by atoms with Gasteiger partial charge in [0.1, 0.15) is 5.52 Å². The van der Waals surface area contributed by atoms with Crippen molar-refractivity contribution in [2.75, 3.05) is 5.73 Å². The van der Waals surface area contributed by atoms with Crippen LogP contribution in [0.2, 0.25) is 5.15 Å². The molecule has 2 aromatic rings. The van der Waals surface area contributed by atoms with Crippen LogP contribution >= 0.6 is 11.6 Å². The van der Waals surface area contributed by atoms with Crippen LogP contribution in [0, 0.1) is 6.92 Å². The smallest absolute Gasteiger partial charge is 0.154 e. The van der Waals surface area contributed by atoms with Crippen molar-refractivity contribution in [3.8, 4) is 0 Å². The Labute approximate surface area is 80.3 Å². The summed E-state index contributed by atoms with van der Waals surface area (Å²) >= 11 is 5.84. The minimum atomic E-state index is 0.341. The van der Waals surface area contributed by atoms with E-state index in [4.69, 9.17) is 17.3 Å². The van der Waals surface area contributed by atoms with Crippen LogP contribution in [0.1, 0.15) is 5.69 Å². The molecule has 0 aliphatic heterocycles. The second kappa shape index (κ2) is 2.60. The second-order valence-electron chi connectivity index (χ2n) is 2.95. The molecule has 2 rings (SSSR count). The van der Waals surface area contributed by atoms with Gasteiger partial charge in [0.15, 0.2) is 5.15 Å². The third-order valence-electron chi connectivity index (χ3n) is 2.02. The van der Waals surface area contributed by atoms with Gasteiger partial charge in [-0.05, 0) is 6.92 Å². The summed E-state index contributed by atoms with van der Waals surface area (Å²) in [6, 6.07) is 0. The predicted molar refractivity (Wildman–Crippen MR) is 52.7 cm³/mol. The Balaban J connectivity index is 3.00. The van der Waals surface area contributed by atoms with E-state index in [1.54, 1.807) is 6.33 Å². The number of hydrogen-bond donors (Lipinski definition) is 1. The highest BCUT2D eigenvalue weighted by Crippen LogP contribution is 2.27. The molecule has 0 radical (unpaired) electrons. The van der Waals surface area contributed by atoms with Gasteiger partial charge in [0.05, 0.1) is 23.2 Å². The molecule has 0 fully saturated rings. The lowest BCUT2D eigenvalue weighted by atomic mass is 10.3. The maximum Gasteiger partial charge on any atom is 0.154 e. The number of aromatic nitrogens is 3. The topological polar surface area (TPSA) is 56.7 Å². The Bertz CT molecular complexity index is 474. The Morgan fingerprint density at radius 1 is 1.54 bits per heavy atom. The number of pyridine rings is 1. The van der Waals surface area contributed by atoms with Crippen LogP contribution in [0.3, 0.4) is 0 Å². The van der Waals surface area contributed by atoms with Gasteiger partial charge < -0.3 is 10.3 Å². The highest BCUT2D eigenvalue weighted by Gasteiger charge is 2.11. The van der Waals surface area contributed by atoms with E-state index in [-0.39, 0.29) is 0 Å². The normalized spacial score (nSPS) is 11.0. The molecule has 2 heterocycles. The molecule has 0 aliphatic carbocycles. The first-order valence-electron chi connectivity index (χ1n) is 3.84. The van der Waals surface area contributed by atoms with Gasteiger partial charge in [0.25, 0.3) is 0 Å². The first kappa shape index (κ1) is 8.31. The maximum atomic E-state index is 5.84. The van der Waals surface area contributed by atoms with Gasteiger partial charge in [0.2, 0.25) is 0 Å². The van der Waals surface area contributed by atoms with Gasteiger partial charge in [-0.15, -0.1) is 0 Å². The van der Waals surface area contributed by atoms with E-state index in [0.29, 0.717) is 10.8 Å². The molecule has 0 amide bonds. The fourth-order valence-corrected chi connectivity index (χ4v) is 1.59. The zero-order valence-electron chi connectivity index (χ0n) is 7.37. The van der Waals surface area contributed by atoms with Crippen LogP contribution in [0.5, 0.6) is 0 Å². The van der Waals surface area contributed by atoms with Crippen LogP contribution < -0.4 is 5.73 Å². The first-order valence-corrected chi connectivity index (χ1v) is 4.21. The Hall–Kier alpha value is -1.29. The van der Waals surface area contributed by atoms with Crippen molar-refractivity contribution in [3.63, 3.8) is 0 Å². The maximum absolute atomic E-state index is 5.84. The van der Waals surface area contributed by atoms with Crippen molar-refractivity contribution in [2.45, 2.75) is 6.92 Å². The van der Waals surface area contributed by atoms with Gasteiger partial charge in [-0.2, -0.15) is 0 Å². The minimum Gasteiger partial charge on any atom is -0.394 e. The first-order chi connectivity index (χ1) is 6.11. The largest absolute Gasteiger partial charge is 0.394 e. The molecule has 13 heavy (non-hydrogen) atoms. The quantitative estimate of drug-likeness (QED) is 0.650. The van der Waals surface area contributed by atoms with Crippen molar-refractivity contribution in [1.29, 1.82) is 0 Å². The van der Waals surface area contributed by atoms with Crippen LogP contribution in [-0.4, -0.2) is 14.5 Å². The van der Waals surface area contributed by atoms with Crippen molar-refractivity contribution >= 4 is 28.3 Å². The lowest BCUT2D eigenvalue weighted by Gasteiger charge is -2.03. The molecule has 0 unspecified atom stereocenters. The molecule has 0 bridgehead atoms. The number of nitrogens with two attached hydrogens (primary N) is 1. The van der Waals surface area contributed by atoms with Crippen molar-refractivity contribution in [3.05, 3.63) is 17.2 Å². The molecule has 68 valence electrons. The molecule has 5 heteroatoms. The number of anilines is 1. The van der Waals surface area contributed by atoms with E-state index < -0.39 is 0 Å². The molecule has 0 spiro atoms. The van der Waals surface area contributed by atoms with Gasteiger partial charge in [-0.1, -0.05) is 11.6 Å². The van der Waals surface area contributed by atoms with Gasteiger partial charge in [-0.3, -0.25) is 0 Å². The van der Waals surface area contributed by atoms with Gasteiger partial charge in [0, 0.05) is 7.05 Å². The number of rotatable bonds is 0. The third-order valence-corrected chi connectivity index (χ3v) is 2.31. The molecule has 0 saturated heterocycles. The average molecular weight is 197 g/mol. The van der Waals surface area contributed by atoms with E-state index in [0.717, 1.165) is 16.7 Å². The predicted octanol–water partition coefficient (Wildman–Crippen LogP) is 1.51. The number of fused-ring (bicyclic) bond motifs is 1. The SMILES string of the molecule is Cc1nc(Cl)c(N)c2c1ncn2C. The highest BCUT2D eigenvalue weighted by molar-refractivity contribution is 6.33. The number of halogens is 1. The molecule has 0 saturated carbocycles. The summed E-state index contributed by atoms with van der Waals surface area (Å²) in [6.07, 6.45) is 1.70.